The van der Waals surface area contributed by atoms with E-state index in [2.05, 4.69) is 10.3 Å². The Morgan fingerprint density at radius 3 is 2.62 bits per heavy atom. The number of aromatic nitrogens is 1. The number of pyridine rings is 1. The van der Waals surface area contributed by atoms with E-state index in [0.717, 1.165) is 5.56 Å². The number of nitrogens with zero attached hydrogens (tertiary/aromatic N) is 1. The molecule has 1 aliphatic heterocycles. The summed E-state index contributed by atoms with van der Waals surface area (Å²) in [6.07, 6.45) is -4.30. The summed E-state index contributed by atoms with van der Waals surface area (Å²) in [5.41, 5.74) is 0.543. The van der Waals surface area contributed by atoms with Gasteiger partial charge in [-0.15, -0.1) is 0 Å². The molecule has 1 aliphatic rings. The summed E-state index contributed by atoms with van der Waals surface area (Å²) in [4.78, 5) is 16.6. The minimum atomic E-state index is -1.65. The lowest BCUT2D eigenvalue weighted by Crippen LogP contribution is -2.60. The zero-order valence-corrected chi connectivity index (χ0v) is 15.3. The van der Waals surface area contributed by atoms with E-state index in [-0.39, 0.29) is 23.6 Å². The van der Waals surface area contributed by atoms with Gasteiger partial charge in [0.25, 0.3) is 5.91 Å². The number of aliphatic hydroxyl groups excluding tert-OH is 4. The molecule has 6 N–H and O–H groups in total. The van der Waals surface area contributed by atoms with Gasteiger partial charge < -0.3 is 40.3 Å². The van der Waals surface area contributed by atoms with Crippen LogP contribution in [0.15, 0.2) is 42.7 Å². The Hall–Kier alpha value is -2.76. The van der Waals surface area contributed by atoms with Crippen molar-refractivity contribution in [3.8, 4) is 11.5 Å². The van der Waals surface area contributed by atoms with Gasteiger partial charge in [0.05, 0.1) is 6.61 Å². The van der Waals surface area contributed by atoms with E-state index in [1.165, 1.54) is 18.2 Å². The van der Waals surface area contributed by atoms with Crippen molar-refractivity contribution in [3.05, 3.63) is 53.9 Å². The molecule has 10 nitrogen and oxygen atoms in total. The third-order valence-corrected chi connectivity index (χ3v) is 4.50. The molecule has 1 aromatic carbocycles. The Balaban J connectivity index is 1.78. The molecule has 10 heteroatoms. The Morgan fingerprint density at radius 2 is 1.93 bits per heavy atom. The summed E-state index contributed by atoms with van der Waals surface area (Å²) >= 11 is 0. The molecule has 0 aliphatic carbocycles. The average Bonchev–Trinajstić information content (AvgIpc) is 2.73. The van der Waals surface area contributed by atoms with Crippen LogP contribution in [-0.2, 0) is 11.3 Å². The molecule has 1 amide bonds. The molecule has 1 saturated heterocycles. The number of carbonyl (C=O) groups excluding carboxylic acids is 1. The highest BCUT2D eigenvalue weighted by molar-refractivity contribution is 5.99. The van der Waals surface area contributed by atoms with Crippen LogP contribution in [0.1, 0.15) is 15.9 Å². The van der Waals surface area contributed by atoms with Gasteiger partial charge in [-0.3, -0.25) is 9.78 Å². The second kappa shape index (κ2) is 9.16. The van der Waals surface area contributed by atoms with Gasteiger partial charge in [-0.05, 0) is 23.8 Å². The number of hydrogen-bond acceptors (Lipinski definition) is 9. The third kappa shape index (κ3) is 4.63. The number of aromatic hydroxyl groups is 1. The number of phenolic OH excluding ortho intramolecular Hbond substituents is 1. The van der Waals surface area contributed by atoms with Gasteiger partial charge in [-0.1, -0.05) is 12.1 Å². The number of amides is 1. The fourth-order valence-electron chi connectivity index (χ4n) is 2.91. The minimum absolute atomic E-state index is 0.113. The summed E-state index contributed by atoms with van der Waals surface area (Å²) in [6.45, 7) is -0.468. The second-order valence-corrected chi connectivity index (χ2v) is 6.51. The normalized spacial score (nSPS) is 26.7. The molecule has 0 unspecified atom stereocenters. The number of benzene rings is 1. The molecule has 0 bridgehead atoms. The topological polar surface area (TPSA) is 162 Å². The molecule has 2 aromatic rings. The van der Waals surface area contributed by atoms with E-state index in [0.29, 0.717) is 0 Å². The van der Waals surface area contributed by atoms with Crippen LogP contribution < -0.4 is 10.1 Å². The Labute approximate surface area is 166 Å². The molecule has 1 fully saturated rings. The van der Waals surface area contributed by atoms with Crippen LogP contribution in [0.5, 0.6) is 11.5 Å². The molecule has 0 radical (unpaired) electrons. The van der Waals surface area contributed by atoms with Gasteiger partial charge in [0.2, 0.25) is 6.29 Å². The summed E-state index contributed by atoms with van der Waals surface area (Å²) in [5.74, 6) is -1.12. The summed E-state index contributed by atoms with van der Waals surface area (Å²) < 4.78 is 10.8. The predicted molar refractivity (Wildman–Crippen MR) is 97.9 cm³/mol. The smallest absolute Gasteiger partial charge is 0.259 e. The van der Waals surface area contributed by atoms with Crippen molar-refractivity contribution in [1.82, 2.24) is 10.3 Å². The molecule has 29 heavy (non-hydrogen) atoms. The fourth-order valence-corrected chi connectivity index (χ4v) is 2.91. The summed E-state index contributed by atoms with van der Waals surface area (Å²) in [7, 11) is 0. The third-order valence-electron chi connectivity index (χ3n) is 4.50. The Bertz CT molecular complexity index is 832. The van der Waals surface area contributed by atoms with Crippen LogP contribution in [0.25, 0.3) is 0 Å². The van der Waals surface area contributed by atoms with Crippen molar-refractivity contribution >= 4 is 5.91 Å². The van der Waals surface area contributed by atoms with E-state index in [1.54, 1.807) is 24.5 Å². The molecule has 2 heterocycles. The number of nitrogens with one attached hydrogen (secondary N) is 1. The highest BCUT2D eigenvalue weighted by Gasteiger charge is 2.45. The van der Waals surface area contributed by atoms with Crippen molar-refractivity contribution in [3.63, 3.8) is 0 Å². The first-order valence-electron chi connectivity index (χ1n) is 8.88. The molecule has 3 rings (SSSR count). The molecule has 0 spiro atoms. The number of carbonyl (C=O) groups is 1. The molecule has 0 saturated carbocycles. The summed E-state index contributed by atoms with van der Waals surface area (Å²) in [6, 6.07) is 7.57. The van der Waals surface area contributed by atoms with Crippen molar-refractivity contribution in [2.75, 3.05) is 6.61 Å². The maximum atomic E-state index is 12.6. The fraction of sp³-hybridized carbons (Fsp3) is 0.368. The zero-order valence-electron chi connectivity index (χ0n) is 15.3. The number of ether oxygens (including phenoxy) is 2. The van der Waals surface area contributed by atoms with Crippen LogP contribution in [0, 0.1) is 0 Å². The predicted octanol–water partition coefficient (Wildman–Crippen LogP) is -1.10. The van der Waals surface area contributed by atoms with E-state index in [4.69, 9.17) is 9.47 Å². The van der Waals surface area contributed by atoms with E-state index in [1.807, 2.05) is 0 Å². The zero-order chi connectivity index (χ0) is 21.0. The molecule has 1 aromatic heterocycles. The standard InChI is InChI=1S/C19H22N2O8/c22-9-13-15(24)16(25)17(26)19(29-13)28-12-5-1-4-11(23)14(12)18(27)21-8-10-3-2-6-20-7-10/h1-7,13,15-17,19,22-26H,8-9H2,(H,21,27)/t13-,15-,16+,17-,19-/m1/s1. The Kier molecular flexibility index (Phi) is 6.62. The van der Waals surface area contributed by atoms with Crippen LogP contribution in [0.4, 0.5) is 0 Å². The van der Waals surface area contributed by atoms with Crippen molar-refractivity contribution in [1.29, 1.82) is 0 Å². The lowest BCUT2D eigenvalue weighted by atomic mass is 9.99. The van der Waals surface area contributed by atoms with Gasteiger partial charge in [0.15, 0.2) is 0 Å². The highest BCUT2D eigenvalue weighted by atomic mass is 16.7. The van der Waals surface area contributed by atoms with Gasteiger partial charge in [-0.25, -0.2) is 0 Å². The van der Waals surface area contributed by atoms with Crippen molar-refractivity contribution in [2.24, 2.45) is 0 Å². The van der Waals surface area contributed by atoms with E-state index >= 15 is 0 Å². The van der Waals surface area contributed by atoms with E-state index < -0.39 is 43.2 Å². The largest absolute Gasteiger partial charge is 0.507 e. The number of rotatable bonds is 6. The van der Waals surface area contributed by atoms with Gasteiger partial charge in [0.1, 0.15) is 41.5 Å². The summed E-state index contributed by atoms with van der Waals surface area (Å²) in [5, 5.41) is 51.9. The Morgan fingerprint density at radius 1 is 1.14 bits per heavy atom. The molecular formula is C19H22N2O8. The second-order valence-electron chi connectivity index (χ2n) is 6.51. The van der Waals surface area contributed by atoms with Crippen LogP contribution >= 0.6 is 0 Å². The number of phenols is 1. The molecule has 5 atom stereocenters. The average molecular weight is 406 g/mol. The monoisotopic (exact) mass is 406 g/mol. The van der Waals surface area contributed by atoms with Gasteiger partial charge >= 0.3 is 0 Å². The van der Waals surface area contributed by atoms with Gasteiger partial charge in [-0.2, -0.15) is 0 Å². The first-order valence-corrected chi connectivity index (χ1v) is 8.88. The lowest BCUT2D eigenvalue weighted by Gasteiger charge is -2.39. The van der Waals surface area contributed by atoms with Crippen molar-refractivity contribution in [2.45, 2.75) is 37.3 Å². The first-order chi connectivity index (χ1) is 13.9. The first kappa shape index (κ1) is 21.0. The van der Waals surface area contributed by atoms with Crippen LogP contribution in [0.3, 0.4) is 0 Å². The molecule has 156 valence electrons. The van der Waals surface area contributed by atoms with E-state index in [9.17, 15) is 30.3 Å². The lowest BCUT2D eigenvalue weighted by molar-refractivity contribution is -0.277. The highest BCUT2D eigenvalue weighted by Crippen LogP contribution is 2.31. The van der Waals surface area contributed by atoms with Crippen LogP contribution in [-0.4, -0.2) is 73.7 Å². The molecular weight excluding hydrogens is 384 g/mol. The van der Waals surface area contributed by atoms with Gasteiger partial charge in [0, 0.05) is 18.9 Å². The SMILES string of the molecule is O=C(NCc1cccnc1)c1c(O)cccc1O[C@@H]1O[C@H](CO)[C@@H](O)[C@H](O)[C@H]1O. The minimum Gasteiger partial charge on any atom is -0.507 e. The number of aliphatic hydroxyl groups is 4. The maximum Gasteiger partial charge on any atom is 0.259 e. The quantitative estimate of drug-likeness (QED) is 0.349. The van der Waals surface area contributed by atoms with Crippen LogP contribution in [0.2, 0.25) is 0 Å². The number of hydrogen-bond donors (Lipinski definition) is 6. The van der Waals surface area contributed by atoms with Crippen molar-refractivity contribution < 1.29 is 39.8 Å². The maximum absolute atomic E-state index is 12.6.